The van der Waals surface area contributed by atoms with E-state index in [1.807, 2.05) is 0 Å². The van der Waals surface area contributed by atoms with Gasteiger partial charge in [0.1, 0.15) is 0 Å². The Labute approximate surface area is 244 Å². The van der Waals surface area contributed by atoms with E-state index in [9.17, 15) is 20.2 Å². The van der Waals surface area contributed by atoms with Gasteiger partial charge in [0.2, 0.25) is 0 Å². The summed E-state index contributed by atoms with van der Waals surface area (Å²) >= 11 is 39.1. The second-order valence-corrected chi connectivity index (χ2v) is 10.9. The van der Waals surface area contributed by atoms with Crippen LogP contribution in [-0.2, 0) is 0 Å². The van der Waals surface area contributed by atoms with Gasteiger partial charge in [-0.25, -0.2) is 0 Å². The number of benzene rings is 4. The van der Waals surface area contributed by atoms with E-state index in [0.717, 1.165) is 11.8 Å². The molecule has 37 heavy (non-hydrogen) atoms. The zero-order valence-corrected chi connectivity index (χ0v) is 23.3. The van der Waals surface area contributed by atoms with Gasteiger partial charge in [-0.1, -0.05) is 93.5 Å². The average Bonchev–Trinajstić information content (AvgIpc) is 2.82. The predicted octanol–water partition coefficient (Wildman–Crippen LogP) is 10.9. The van der Waals surface area contributed by atoms with Crippen molar-refractivity contribution < 1.29 is 9.85 Å². The maximum Gasteiger partial charge on any atom is 0.278 e. The molecule has 13 heteroatoms. The zero-order chi connectivity index (χ0) is 27.0. The highest BCUT2D eigenvalue weighted by Gasteiger charge is 2.27. The van der Waals surface area contributed by atoms with Crippen molar-refractivity contribution in [2.24, 2.45) is 0 Å². The van der Waals surface area contributed by atoms with Crippen LogP contribution >= 0.6 is 81.4 Å². The summed E-state index contributed by atoms with van der Waals surface area (Å²) in [5.74, 6) is 0. The molecule has 0 saturated carbocycles. The highest BCUT2D eigenvalue weighted by Crippen LogP contribution is 2.50. The Bertz CT molecular complexity index is 1480. The van der Waals surface area contributed by atoms with Crippen molar-refractivity contribution in [3.63, 3.8) is 0 Å². The van der Waals surface area contributed by atoms with Crippen molar-refractivity contribution in [1.82, 2.24) is 0 Å². The first kappa shape index (κ1) is 27.8. The molecule has 0 N–H and O–H groups in total. The Kier molecular flexibility index (Phi) is 8.45. The van der Waals surface area contributed by atoms with Crippen molar-refractivity contribution in [2.75, 3.05) is 0 Å². The lowest BCUT2D eigenvalue weighted by atomic mass is 10.0. The standard InChI is InChI=1S/C24H10Cl6N2O4S/c25-11-1-3-13(15(27)9-11)21-17(31(33)34)5-7-19(23(21)29)37-20-8-6-18(32(35)36)22(24(20)30)14-4-2-12(26)10-16(14)28/h1-10H. The zero-order valence-electron chi connectivity index (χ0n) is 18.0. The summed E-state index contributed by atoms with van der Waals surface area (Å²) in [7, 11) is 0. The summed E-state index contributed by atoms with van der Waals surface area (Å²) < 4.78 is 0. The second-order valence-electron chi connectivity index (χ2n) is 7.41. The molecule has 0 saturated heterocycles. The summed E-state index contributed by atoms with van der Waals surface area (Å²) in [4.78, 5) is 23.2. The molecule has 0 fully saturated rings. The molecule has 0 amide bonds. The van der Waals surface area contributed by atoms with E-state index in [1.165, 1.54) is 60.7 Å². The molecule has 0 radical (unpaired) electrons. The van der Waals surface area contributed by atoms with Crippen molar-refractivity contribution in [3.8, 4) is 22.3 Å². The number of hydrogen-bond donors (Lipinski definition) is 0. The van der Waals surface area contributed by atoms with Gasteiger partial charge in [-0.05, 0) is 36.4 Å². The maximum absolute atomic E-state index is 11.8. The van der Waals surface area contributed by atoms with E-state index < -0.39 is 9.85 Å². The predicted molar refractivity (Wildman–Crippen MR) is 151 cm³/mol. The van der Waals surface area contributed by atoms with Crippen LogP contribution in [0, 0.1) is 20.2 Å². The third kappa shape index (κ3) is 5.64. The minimum Gasteiger partial charge on any atom is -0.258 e. The molecule has 0 bridgehead atoms. The highest BCUT2D eigenvalue weighted by molar-refractivity contribution is 7.99. The van der Waals surface area contributed by atoms with Gasteiger partial charge in [-0.2, -0.15) is 0 Å². The van der Waals surface area contributed by atoms with Gasteiger partial charge < -0.3 is 0 Å². The third-order valence-corrected chi connectivity index (χ3v) is 8.41. The quantitative estimate of drug-likeness (QED) is 0.155. The lowest BCUT2D eigenvalue weighted by molar-refractivity contribution is -0.384. The van der Waals surface area contributed by atoms with Gasteiger partial charge in [0.25, 0.3) is 11.4 Å². The van der Waals surface area contributed by atoms with E-state index >= 15 is 0 Å². The van der Waals surface area contributed by atoms with Crippen LogP contribution in [0.1, 0.15) is 0 Å². The summed E-state index contributed by atoms with van der Waals surface area (Å²) in [5, 5.41) is 24.7. The van der Waals surface area contributed by atoms with E-state index in [2.05, 4.69) is 0 Å². The van der Waals surface area contributed by atoms with Gasteiger partial charge in [0.15, 0.2) is 0 Å². The number of nitro benzene ring substituents is 2. The molecule has 188 valence electrons. The van der Waals surface area contributed by atoms with Crippen molar-refractivity contribution in [3.05, 3.63) is 111 Å². The molecule has 0 aromatic heterocycles. The first-order valence-electron chi connectivity index (χ1n) is 10.0. The van der Waals surface area contributed by atoms with Gasteiger partial charge in [0.05, 0.1) is 41.1 Å². The van der Waals surface area contributed by atoms with Gasteiger partial charge in [-0.3, -0.25) is 20.2 Å². The normalized spacial score (nSPS) is 11.0. The summed E-state index contributed by atoms with van der Waals surface area (Å²) in [6.45, 7) is 0. The Morgan fingerprint density at radius 3 is 1.27 bits per heavy atom. The van der Waals surface area contributed by atoms with Crippen LogP contribution in [-0.4, -0.2) is 9.85 Å². The van der Waals surface area contributed by atoms with Crippen molar-refractivity contribution >= 4 is 92.7 Å². The largest absolute Gasteiger partial charge is 0.278 e. The van der Waals surface area contributed by atoms with Crippen LogP contribution in [0.5, 0.6) is 0 Å². The number of halogens is 6. The molecule has 0 unspecified atom stereocenters. The monoisotopic (exact) mass is 632 g/mol. The van der Waals surface area contributed by atoms with Crippen molar-refractivity contribution in [2.45, 2.75) is 9.79 Å². The smallest absolute Gasteiger partial charge is 0.258 e. The molecular formula is C24H10Cl6N2O4S. The molecule has 0 spiro atoms. The van der Waals surface area contributed by atoms with Crippen molar-refractivity contribution in [1.29, 1.82) is 0 Å². The minimum absolute atomic E-state index is 0.0453. The third-order valence-electron chi connectivity index (χ3n) is 5.18. The Morgan fingerprint density at radius 2 is 0.946 bits per heavy atom. The molecule has 4 aromatic carbocycles. The van der Waals surface area contributed by atoms with E-state index in [1.54, 1.807) is 0 Å². The first-order valence-corrected chi connectivity index (χ1v) is 13.1. The molecule has 4 rings (SSSR count). The van der Waals surface area contributed by atoms with Crippen LogP contribution < -0.4 is 0 Å². The van der Waals surface area contributed by atoms with E-state index in [-0.39, 0.29) is 42.6 Å². The lowest BCUT2D eigenvalue weighted by Gasteiger charge is -2.14. The first-order chi connectivity index (χ1) is 17.5. The van der Waals surface area contributed by atoms with Crippen LogP contribution in [0.4, 0.5) is 11.4 Å². The molecule has 0 atom stereocenters. The molecule has 0 aliphatic heterocycles. The molecule has 6 nitrogen and oxygen atoms in total. The molecule has 0 aliphatic rings. The van der Waals surface area contributed by atoms with Gasteiger partial charge in [0, 0.05) is 43.1 Å². The van der Waals surface area contributed by atoms with Crippen LogP contribution in [0.15, 0.2) is 70.5 Å². The van der Waals surface area contributed by atoms with Gasteiger partial charge in [-0.15, -0.1) is 0 Å². The fourth-order valence-electron chi connectivity index (χ4n) is 3.57. The Balaban J connectivity index is 1.89. The topological polar surface area (TPSA) is 86.3 Å². The summed E-state index contributed by atoms with van der Waals surface area (Å²) in [6, 6.07) is 14.6. The second kappa shape index (κ2) is 11.3. The molecule has 0 heterocycles. The lowest BCUT2D eigenvalue weighted by Crippen LogP contribution is -1.96. The number of nitrogens with zero attached hydrogens (tertiary/aromatic N) is 2. The maximum atomic E-state index is 11.8. The SMILES string of the molecule is O=[N+]([O-])c1ccc(Sc2ccc([N+](=O)[O-])c(-c3ccc(Cl)cc3Cl)c2Cl)c(Cl)c1-c1ccc(Cl)cc1Cl. The highest BCUT2D eigenvalue weighted by atomic mass is 35.5. The molecule has 4 aromatic rings. The number of hydrogen-bond acceptors (Lipinski definition) is 5. The Hall–Kier alpha value is -2.23. The van der Waals surface area contributed by atoms with E-state index in [4.69, 9.17) is 69.6 Å². The van der Waals surface area contributed by atoms with Crippen LogP contribution in [0.3, 0.4) is 0 Å². The fourth-order valence-corrected chi connectivity index (χ4v) is 6.22. The summed E-state index contributed by atoms with van der Waals surface area (Å²) in [6.07, 6.45) is 0. The molecular weight excluding hydrogens is 625 g/mol. The summed E-state index contributed by atoms with van der Waals surface area (Å²) in [5.41, 5.74) is 0.293. The fraction of sp³-hybridized carbons (Fsp3) is 0. The van der Waals surface area contributed by atoms with E-state index in [0.29, 0.717) is 31.0 Å². The minimum atomic E-state index is -0.569. The Morgan fingerprint density at radius 1 is 0.568 bits per heavy atom. The number of rotatable bonds is 6. The molecule has 0 aliphatic carbocycles. The number of nitro groups is 2. The average molecular weight is 635 g/mol. The van der Waals surface area contributed by atoms with Crippen LogP contribution in [0.2, 0.25) is 30.1 Å². The van der Waals surface area contributed by atoms with Gasteiger partial charge >= 0.3 is 0 Å². The van der Waals surface area contributed by atoms with Crippen LogP contribution in [0.25, 0.3) is 22.3 Å².